The molecule has 0 bridgehead atoms. The number of likely N-dealkylation sites (N-methyl/N-ethyl adjacent to an activating group) is 1. The van der Waals surface area contributed by atoms with Gasteiger partial charge in [0.15, 0.2) is 0 Å². The molecule has 1 aliphatic carbocycles. The molecular formula is C16H30N2O3. The van der Waals surface area contributed by atoms with Gasteiger partial charge in [0.05, 0.1) is 18.8 Å². The highest BCUT2D eigenvalue weighted by molar-refractivity contribution is 5.78. The molecule has 0 aromatic rings. The van der Waals surface area contributed by atoms with Crippen LogP contribution < -0.4 is 5.32 Å². The Balaban J connectivity index is 1.71. The lowest BCUT2D eigenvalue weighted by Crippen LogP contribution is -2.62. The average molecular weight is 298 g/mol. The second kappa shape index (κ2) is 7.07. The second-order valence-electron chi connectivity index (χ2n) is 6.87. The van der Waals surface area contributed by atoms with Crippen LogP contribution in [-0.4, -0.2) is 62.4 Å². The van der Waals surface area contributed by atoms with Gasteiger partial charge >= 0.3 is 0 Å². The van der Waals surface area contributed by atoms with Crippen molar-refractivity contribution in [3.63, 3.8) is 0 Å². The van der Waals surface area contributed by atoms with Crippen LogP contribution in [0.2, 0.25) is 0 Å². The summed E-state index contributed by atoms with van der Waals surface area (Å²) in [7, 11) is 2.03. The Morgan fingerprint density at radius 1 is 1.48 bits per heavy atom. The van der Waals surface area contributed by atoms with Crippen LogP contribution >= 0.6 is 0 Å². The van der Waals surface area contributed by atoms with Gasteiger partial charge in [0.25, 0.3) is 0 Å². The monoisotopic (exact) mass is 298 g/mol. The molecule has 0 radical (unpaired) electrons. The fourth-order valence-electron chi connectivity index (χ4n) is 3.52. The third-order valence-corrected chi connectivity index (χ3v) is 4.97. The molecule has 2 rings (SSSR count). The predicted octanol–water partition coefficient (Wildman–Crippen LogP) is 1.42. The average Bonchev–Trinajstić information content (AvgIpc) is 2.93. The molecule has 2 fully saturated rings. The number of carbonyl (C=O) groups excluding carboxylic acids is 1. The third-order valence-electron chi connectivity index (χ3n) is 4.97. The van der Waals surface area contributed by atoms with Gasteiger partial charge in [-0.15, -0.1) is 0 Å². The van der Waals surface area contributed by atoms with E-state index in [2.05, 4.69) is 24.1 Å². The molecule has 122 valence electrons. The van der Waals surface area contributed by atoms with Crippen LogP contribution in [0, 0.1) is 5.41 Å². The van der Waals surface area contributed by atoms with Crippen LogP contribution in [0.4, 0.5) is 0 Å². The molecule has 0 aromatic carbocycles. The van der Waals surface area contributed by atoms with E-state index in [9.17, 15) is 4.79 Å². The lowest BCUT2D eigenvalue weighted by molar-refractivity contribution is -0.150. The van der Waals surface area contributed by atoms with Crippen molar-refractivity contribution in [2.75, 3.05) is 33.4 Å². The standard InChI is InChI=1S/C16H30N2O3/c1-5-20-14-9-13(16(14,2)3)18(4)11-15(19)17-10-12-7-6-8-21-12/h12-14H,5-11H2,1-4H3,(H,17,19)/t12-,13+,14+/m0/s1. The first-order valence-electron chi connectivity index (χ1n) is 8.15. The number of hydrogen-bond donors (Lipinski definition) is 1. The Morgan fingerprint density at radius 3 is 2.81 bits per heavy atom. The number of nitrogens with zero attached hydrogens (tertiary/aromatic N) is 1. The molecule has 1 aliphatic heterocycles. The molecule has 2 aliphatic rings. The van der Waals surface area contributed by atoms with Crippen molar-refractivity contribution in [3.05, 3.63) is 0 Å². The van der Waals surface area contributed by atoms with Crippen molar-refractivity contribution >= 4 is 5.91 Å². The lowest BCUT2D eigenvalue weighted by atomic mass is 9.64. The summed E-state index contributed by atoms with van der Waals surface area (Å²) in [5.41, 5.74) is 0.111. The predicted molar refractivity (Wildman–Crippen MR) is 82.2 cm³/mol. The molecule has 1 N–H and O–H groups in total. The maximum Gasteiger partial charge on any atom is 0.234 e. The van der Waals surface area contributed by atoms with Gasteiger partial charge in [-0.25, -0.2) is 0 Å². The van der Waals surface area contributed by atoms with Gasteiger partial charge in [-0.05, 0) is 33.2 Å². The number of amides is 1. The van der Waals surface area contributed by atoms with Crippen LogP contribution in [0.3, 0.4) is 0 Å². The summed E-state index contributed by atoms with van der Waals surface area (Å²) in [5, 5.41) is 2.99. The van der Waals surface area contributed by atoms with E-state index in [1.807, 2.05) is 14.0 Å². The van der Waals surface area contributed by atoms with Crippen LogP contribution in [0.1, 0.15) is 40.0 Å². The van der Waals surface area contributed by atoms with Gasteiger partial charge in [-0.2, -0.15) is 0 Å². The van der Waals surface area contributed by atoms with E-state index in [0.29, 0.717) is 25.2 Å². The molecule has 5 heteroatoms. The normalized spacial score (nSPS) is 31.2. The lowest BCUT2D eigenvalue weighted by Gasteiger charge is -2.54. The highest BCUT2D eigenvalue weighted by Crippen LogP contribution is 2.45. The van der Waals surface area contributed by atoms with Crippen molar-refractivity contribution in [2.45, 2.75) is 58.3 Å². The SMILES string of the molecule is CCO[C@@H]1C[C@@H](N(C)CC(=O)NC[C@@H]2CCCO2)C1(C)C. The van der Waals surface area contributed by atoms with E-state index in [1.165, 1.54) is 0 Å². The summed E-state index contributed by atoms with van der Waals surface area (Å²) in [6.45, 7) is 9.15. The fraction of sp³-hybridized carbons (Fsp3) is 0.938. The minimum Gasteiger partial charge on any atom is -0.378 e. The summed E-state index contributed by atoms with van der Waals surface area (Å²) in [6.07, 6.45) is 3.69. The Kier molecular flexibility index (Phi) is 5.63. The Labute approximate surface area is 128 Å². The van der Waals surface area contributed by atoms with E-state index >= 15 is 0 Å². The van der Waals surface area contributed by atoms with Crippen LogP contribution in [-0.2, 0) is 14.3 Å². The molecule has 3 atom stereocenters. The van der Waals surface area contributed by atoms with Crippen molar-refractivity contribution in [2.24, 2.45) is 5.41 Å². The molecule has 0 spiro atoms. The maximum atomic E-state index is 12.0. The highest BCUT2D eigenvalue weighted by Gasteiger charge is 2.50. The number of hydrogen-bond acceptors (Lipinski definition) is 4. The van der Waals surface area contributed by atoms with Crippen molar-refractivity contribution in [1.29, 1.82) is 0 Å². The first kappa shape index (κ1) is 16.7. The Bertz CT molecular complexity index is 353. The molecule has 1 saturated carbocycles. The number of nitrogens with one attached hydrogen (secondary N) is 1. The number of rotatable bonds is 7. The van der Waals surface area contributed by atoms with E-state index in [4.69, 9.17) is 9.47 Å². The molecule has 0 unspecified atom stereocenters. The van der Waals surface area contributed by atoms with Crippen molar-refractivity contribution in [3.8, 4) is 0 Å². The Hall–Kier alpha value is -0.650. The van der Waals surface area contributed by atoms with Gasteiger partial charge < -0.3 is 14.8 Å². The largest absolute Gasteiger partial charge is 0.378 e. The summed E-state index contributed by atoms with van der Waals surface area (Å²) >= 11 is 0. The van der Waals surface area contributed by atoms with Gasteiger partial charge in [0, 0.05) is 31.2 Å². The van der Waals surface area contributed by atoms with Crippen LogP contribution in [0.5, 0.6) is 0 Å². The van der Waals surface area contributed by atoms with E-state index in [1.54, 1.807) is 0 Å². The van der Waals surface area contributed by atoms with Crippen molar-refractivity contribution < 1.29 is 14.3 Å². The Morgan fingerprint density at radius 2 is 2.24 bits per heavy atom. The third kappa shape index (κ3) is 3.96. The van der Waals surface area contributed by atoms with Gasteiger partial charge in [-0.1, -0.05) is 13.8 Å². The summed E-state index contributed by atoms with van der Waals surface area (Å²) in [4.78, 5) is 14.2. The quantitative estimate of drug-likeness (QED) is 0.772. The van der Waals surface area contributed by atoms with Gasteiger partial charge in [0.2, 0.25) is 5.91 Å². The van der Waals surface area contributed by atoms with Gasteiger partial charge in [0.1, 0.15) is 0 Å². The zero-order chi connectivity index (χ0) is 15.5. The fourth-order valence-corrected chi connectivity index (χ4v) is 3.52. The van der Waals surface area contributed by atoms with Crippen LogP contribution in [0.25, 0.3) is 0 Å². The zero-order valence-corrected chi connectivity index (χ0v) is 13.9. The smallest absolute Gasteiger partial charge is 0.234 e. The van der Waals surface area contributed by atoms with Crippen LogP contribution in [0.15, 0.2) is 0 Å². The molecule has 0 aromatic heterocycles. The van der Waals surface area contributed by atoms with E-state index < -0.39 is 0 Å². The van der Waals surface area contributed by atoms with E-state index in [-0.39, 0.29) is 17.4 Å². The first-order chi connectivity index (χ1) is 9.95. The summed E-state index contributed by atoms with van der Waals surface area (Å²) in [5.74, 6) is 0.0867. The molecule has 1 heterocycles. The van der Waals surface area contributed by atoms with Gasteiger partial charge in [-0.3, -0.25) is 9.69 Å². The van der Waals surface area contributed by atoms with E-state index in [0.717, 1.165) is 32.5 Å². The summed E-state index contributed by atoms with van der Waals surface area (Å²) < 4.78 is 11.3. The minimum absolute atomic E-state index is 0.0867. The summed E-state index contributed by atoms with van der Waals surface area (Å²) in [6, 6.07) is 0.405. The maximum absolute atomic E-state index is 12.0. The minimum atomic E-state index is 0.0867. The molecular weight excluding hydrogens is 268 g/mol. The first-order valence-corrected chi connectivity index (χ1v) is 8.15. The number of carbonyl (C=O) groups is 1. The topological polar surface area (TPSA) is 50.8 Å². The molecule has 21 heavy (non-hydrogen) atoms. The zero-order valence-electron chi connectivity index (χ0n) is 13.9. The molecule has 5 nitrogen and oxygen atoms in total. The number of ether oxygens (including phenoxy) is 2. The molecule has 1 amide bonds. The highest BCUT2D eigenvalue weighted by atomic mass is 16.5. The molecule has 1 saturated heterocycles. The van der Waals surface area contributed by atoms with Crippen molar-refractivity contribution in [1.82, 2.24) is 10.2 Å². The second-order valence-corrected chi connectivity index (χ2v) is 6.87.